The summed E-state index contributed by atoms with van der Waals surface area (Å²) in [5.41, 5.74) is 2.79. The van der Waals surface area contributed by atoms with Crippen LogP contribution in [0.25, 0.3) is 0 Å². The van der Waals surface area contributed by atoms with Crippen molar-refractivity contribution in [3.05, 3.63) is 59.7 Å². The van der Waals surface area contributed by atoms with E-state index >= 15 is 0 Å². The van der Waals surface area contributed by atoms with Crippen molar-refractivity contribution >= 4 is 0 Å². The first kappa shape index (κ1) is 22.3. The molecule has 2 heteroatoms. The van der Waals surface area contributed by atoms with Crippen LogP contribution < -0.4 is 9.47 Å². The second kappa shape index (κ2) is 10.5. The Morgan fingerprint density at radius 3 is 1.50 bits per heavy atom. The van der Waals surface area contributed by atoms with Gasteiger partial charge in [-0.15, -0.1) is 0 Å². The summed E-state index contributed by atoms with van der Waals surface area (Å²) in [6.45, 7) is 9.29. The van der Waals surface area contributed by atoms with Crippen molar-refractivity contribution in [3.63, 3.8) is 0 Å². The molecule has 0 aliphatic carbocycles. The number of benzene rings is 2. The van der Waals surface area contributed by atoms with E-state index in [0.29, 0.717) is 5.92 Å². The zero-order valence-corrected chi connectivity index (χ0v) is 18.6. The van der Waals surface area contributed by atoms with Crippen molar-refractivity contribution in [2.45, 2.75) is 65.2 Å². The Kier molecular flexibility index (Phi) is 8.41. The zero-order valence-electron chi connectivity index (χ0n) is 18.6. The van der Waals surface area contributed by atoms with Gasteiger partial charge >= 0.3 is 0 Å². The molecule has 0 fully saturated rings. The highest BCUT2D eigenvalue weighted by Gasteiger charge is 2.34. The Morgan fingerprint density at radius 2 is 1.14 bits per heavy atom. The maximum atomic E-state index is 5.41. The van der Waals surface area contributed by atoms with E-state index in [-0.39, 0.29) is 5.41 Å². The van der Waals surface area contributed by atoms with E-state index in [1.54, 1.807) is 14.2 Å². The molecule has 0 aliphatic rings. The van der Waals surface area contributed by atoms with E-state index in [2.05, 4.69) is 76.2 Å². The molecule has 0 aliphatic heterocycles. The molecule has 0 spiro atoms. The van der Waals surface area contributed by atoms with Gasteiger partial charge in [0.05, 0.1) is 14.2 Å². The Hall–Kier alpha value is -1.96. The van der Waals surface area contributed by atoms with Crippen molar-refractivity contribution in [2.24, 2.45) is 11.8 Å². The molecule has 0 unspecified atom stereocenters. The minimum atomic E-state index is 0.0175. The molecule has 0 bridgehead atoms. The third-order valence-corrected chi connectivity index (χ3v) is 5.68. The molecule has 154 valence electrons. The summed E-state index contributed by atoms with van der Waals surface area (Å²) in [6.07, 6.45) is 6.11. The molecule has 2 nitrogen and oxygen atoms in total. The Bertz CT molecular complexity index is 636. The first-order valence-electron chi connectivity index (χ1n) is 10.7. The van der Waals surface area contributed by atoms with Crippen LogP contribution in [0.2, 0.25) is 0 Å². The number of hydrogen-bond donors (Lipinski definition) is 0. The molecule has 0 heterocycles. The average Bonchev–Trinajstić information content (AvgIpc) is 2.70. The normalized spacial score (nSPS) is 11.9. The Labute approximate surface area is 172 Å². The van der Waals surface area contributed by atoms with E-state index in [1.807, 2.05) is 0 Å². The lowest BCUT2D eigenvalue weighted by Crippen LogP contribution is -2.30. The summed E-state index contributed by atoms with van der Waals surface area (Å²) in [5.74, 6) is 3.20. The van der Waals surface area contributed by atoms with Crippen LogP contribution in [0, 0.1) is 11.8 Å². The quantitative estimate of drug-likeness (QED) is 0.381. The van der Waals surface area contributed by atoms with Gasteiger partial charge in [-0.3, -0.25) is 0 Å². The summed E-state index contributed by atoms with van der Waals surface area (Å²) in [4.78, 5) is 0. The number of rotatable bonds is 11. The second-order valence-corrected chi connectivity index (χ2v) is 8.78. The van der Waals surface area contributed by atoms with Gasteiger partial charge in [-0.05, 0) is 60.1 Å². The van der Waals surface area contributed by atoms with E-state index in [0.717, 1.165) is 30.3 Å². The highest BCUT2D eigenvalue weighted by molar-refractivity contribution is 5.43. The number of ether oxygens (including phenoxy) is 2. The third-order valence-electron chi connectivity index (χ3n) is 5.68. The van der Waals surface area contributed by atoms with Gasteiger partial charge in [0.15, 0.2) is 0 Å². The lowest BCUT2D eigenvalue weighted by atomic mass is 9.66. The number of hydrogen-bond acceptors (Lipinski definition) is 2. The van der Waals surface area contributed by atoms with Crippen molar-refractivity contribution in [2.75, 3.05) is 14.2 Å². The lowest BCUT2D eigenvalue weighted by molar-refractivity contribution is 0.353. The zero-order chi connectivity index (χ0) is 20.6. The summed E-state index contributed by atoms with van der Waals surface area (Å²) in [6, 6.07) is 17.4. The third kappa shape index (κ3) is 5.77. The van der Waals surface area contributed by atoms with Crippen molar-refractivity contribution in [3.8, 4) is 11.5 Å². The summed E-state index contributed by atoms with van der Waals surface area (Å²) < 4.78 is 10.8. The van der Waals surface area contributed by atoms with Crippen LogP contribution in [0.5, 0.6) is 11.5 Å². The largest absolute Gasteiger partial charge is 0.497 e. The fourth-order valence-corrected chi connectivity index (χ4v) is 4.29. The molecule has 0 aromatic heterocycles. The maximum absolute atomic E-state index is 5.41. The molecule has 28 heavy (non-hydrogen) atoms. The first-order valence-corrected chi connectivity index (χ1v) is 10.7. The minimum absolute atomic E-state index is 0.0175. The van der Waals surface area contributed by atoms with E-state index < -0.39 is 0 Å². The highest BCUT2D eigenvalue weighted by Crippen LogP contribution is 2.43. The molecule has 2 rings (SSSR count). The van der Waals surface area contributed by atoms with E-state index in [9.17, 15) is 0 Å². The predicted molar refractivity (Wildman–Crippen MR) is 120 cm³/mol. The summed E-state index contributed by atoms with van der Waals surface area (Å²) in [5, 5.41) is 0. The van der Waals surface area contributed by atoms with Crippen LogP contribution in [0.1, 0.15) is 70.9 Å². The predicted octanol–water partition coefficient (Wildman–Crippen LogP) is 7.25. The standard InChI is InChI=1S/C26H38O2/c1-20(2)9-7-8-18-26(19-21(3)4,22-10-14-24(27-5)15-11-22)23-12-16-25(28-6)17-13-23/h10-17,20-21H,7-9,18-19H2,1-6H3. The SMILES string of the molecule is COc1ccc(C(CCCCC(C)C)(CC(C)C)c2ccc(OC)cc2)cc1. The molecule has 0 atom stereocenters. The van der Waals surface area contributed by atoms with Crippen molar-refractivity contribution in [1.29, 1.82) is 0 Å². The van der Waals surface area contributed by atoms with Crippen molar-refractivity contribution in [1.82, 2.24) is 0 Å². The van der Waals surface area contributed by atoms with Gasteiger partial charge in [-0.25, -0.2) is 0 Å². The van der Waals surface area contributed by atoms with Crippen LogP contribution in [-0.4, -0.2) is 14.2 Å². The molecular formula is C26H38O2. The van der Waals surface area contributed by atoms with Crippen LogP contribution in [0.4, 0.5) is 0 Å². The number of unbranched alkanes of at least 4 members (excludes halogenated alkanes) is 1. The van der Waals surface area contributed by atoms with Gasteiger partial charge in [0, 0.05) is 5.41 Å². The molecule has 2 aromatic carbocycles. The summed E-state index contributed by atoms with van der Waals surface area (Å²) >= 11 is 0. The van der Waals surface area contributed by atoms with Gasteiger partial charge in [-0.2, -0.15) is 0 Å². The number of methoxy groups -OCH3 is 2. The van der Waals surface area contributed by atoms with E-state index in [1.165, 1.54) is 30.4 Å². The fraction of sp³-hybridized carbons (Fsp3) is 0.538. The van der Waals surface area contributed by atoms with Crippen LogP contribution >= 0.6 is 0 Å². The summed E-state index contributed by atoms with van der Waals surface area (Å²) in [7, 11) is 3.46. The van der Waals surface area contributed by atoms with Crippen LogP contribution in [0.15, 0.2) is 48.5 Å². The molecule has 0 N–H and O–H groups in total. The highest BCUT2D eigenvalue weighted by atomic mass is 16.5. The van der Waals surface area contributed by atoms with Crippen LogP contribution in [-0.2, 0) is 5.41 Å². The van der Waals surface area contributed by atoms with Gasteiger partial charge in [-0.1, -0.05) is 71.2 Å². The molecule has 0 saturated carbocycles. The second-order valence-electron chi connectivity index (χ2n) is 8.78. The van der Waals surface area contributed by atoms with E-state index in [4.69, 9.17) is 9.47 Å². The minimum Gasteiger partial charge on any atom is -0.497 e. The topological polar surface area (TPSA) is 18.5 Å². The van der Waals surface area contributed by atoms with Gasteiger partial charge in [0.25, 0.3) is 0 Å². The average molecular weight is 383 g/mol. The molecule has 0 radical (unpaired) electrons. The Morgan fingerprint density at radius 1 is 0.679 bits per heavy atom. The first-order chi connectivity index (χ1) is 13.4. The molecule has 0 saturated heterocycles. The molecular weight excluding hydrogens is 344 g/mol. The fourth-order valence-electron chi connectivity index (χ4n) is 4.29. The molecule has 0 amide bonds. The monoisotopic (exact) mass is 382 g/mol. The lowest BCUT2D eigenvalue weighted by Gasteiger charge is -2.37. The van der Waals surface area contributed by atoms with Crippen LogP contribution in [0.3, 0.4) is 0 Å². The van der Waals surface area contributed by atoms with Gasteiger partial charge < -0.3 is 9.47 Å². The van der Waals surface area contributed by atoms with Gasteiger partial charge in [0.1, 0.15) is 11.5 Å². The van der Waals surface area contributed by atoms with Crippen molar-refractivity contribution < 1.29 is 9.47 Å². The van der Waals surface area contributed by atoms with Gasteiger partial charge in [0.2, 0.25) is 0 Å². The maximum Gasteiger partial charge on any atom is 0.118 e. The smallest absolute Gasteiger partial charge is 0.118 e. The molecule has 2 aromatic rings. The Balaban J connectivity index is 2.45.